The van der Waals surface area contributed by atoms with Crippen LogP contribution < -0.4 is 0 Å². The number of carbonyl (C=O) groups excluding carboxylic acids is 1. The zero-order chi connectivity index (χ0) is 10.7. The molecule has 1 saturated carbocycles. The van der Waals surface area contributed by atoms with Crippen molar-refractivity contribution in [1.82, 2.24) is 0 Å². The van der Waals surface area contributed by atoms with Crippen molar-refractivity contribution in [1.29, 1.82) is 0 Å². The third-order valence-corrected chi connectivity index (χ3v) is 3.00. The number of carbonyl (C=O) groups is 1. The minimum absolute atomic E-state index is 0.129. The van der Waals surface area contributed by atoms with Gasteiger partial charge in [0.15, 0.2) is 6.61 Å². The molecule has 2 aliphatic rings. The van der Waals surface area contributed by atoms with Gasteiger partial charge in [-0.3, -0.25) is 0 Å². The van der Waals surface area contributed by atoms with Crippen molar-refractivity contribution >= 4 is 6.16 Å². The molecule has 0 N–H and O–H groups in total. The number of methoxy groups -OCH3 is 1. The number of rotatable bonds is 1. The van der Waals surface area contributed by atoms with Gasteiger partial charge in [0, 0.05) is 5.92 Å². The van der Waals surface area contributed by atoms with Gasteiger partial charge in [-0.05, 0) is 24.7 Å². The monoisotopic (exact) mass is 206 g/mol. The van der Waals surface area contributed by atoms with Crippen molar-refractivity contribution in [3.05, 3.63) is 12.2 Å². The molecule has 0 aromatic heterocycles. The highest BCUT2D eigenvalue weighted by Crippen LogP contribution is 2.42. The van der Waals surface area contributed by atoms with E-state index in [-0.39, 0.29) is 6.61 Å². The summed E-state index contributed by atoms with van der Waals surface area (Å²) in [5.41, 5.74) is 0. The molecule has 0 heterocycles. The summed E-state index contributed by atoms with van der Waals surface area (Å²) in [4.78, 5) is 10.6. The molecule has 2 aliphatic carbocycles. The van der Waals surface area contributed by atoms with Gasteiger partial charge in [0.25, 0.3) is 0 Å². The molecule has 3 atom stereocenters. The Labute approximate surface area is 89.4 Å². The average Bonchev–Trinajstić information content (AvgIpc) is 2.85. The molecule has 3 heteroatoms. The molecule has 0 aromatic rings. The van der Waals surface area contributed by atoms with E-state index in [1.165, 1.54) is 13.5 Å². The SMILES string of the molecule is COC(=O)OCC#CC1CC2C=CC1C2. The lowest BCUT2D eigenvalue weighted by molar-refractivity contribution is 0.0832. The Hall–Kier alpha value is -1.43. The molecule has 0 aromatic carbocycles. The van der Waals surface area contributed by atoms with Crippen LogP contribution in [-0.4, -0.2) is 19.9 Å². The molecule has 0 saturated heterocycles. The van der Waals surface area contributed by atoms with E-state index in [9.17, 15) is 4.79 Å². The Morgan fingerprint density at radius 3 is 2.93 bits per heavy atom. The standard InChI is InChI=1S/C12H14O3/c1-14-12(13)15-6-2-3-10-7-9-4-5-11(10)8-9/h4-5,9-11H,6-8H2,1H3. The molecule has 1 fully saturated rings. The first-order chi connectivity index (χ1) is 7.29. The van der Waals surface area contributed by atoms with Crippen LogP contribution in [0.15, 0.2) is 12.2 Å². The van der Waals surface area contributed by atoms with Gasteiger partial charge in [0.1, 0.15) is 0 Å². The van der Waals surface area contributed by atoms with Crippen LogP contribution in [0, 0.1) is 29.6 Å². The summed E-state index contributed by atoms with van der Waals surface area (Å²) in [7, 11) is 1.29. The molecule has 0 amide bonds. The van der Waals surface area contributed by atoms with Crippen molar-refractivity contribution in [2.75, 3.05) is 13.7 Å². The van der Waals surface area contributed by atoms with E-state index in [4.69, 9.17) is 0 Å². The number of ether oxygens (including phenoxy) is 2. The van der Waals surface area contributed by atoms with E-state index >= 15 is 0 Å². The second-order valence-corrected chi connectivity index (χ2v) is 3.95. The van der Waals surface area contributed by atoms with Crippen molar-refractivity contribution in [3.8, 4) is 11.8 Å². The minimum Gasteiger partial charge on any atom is -0.438 e. The number of fused-ring (bicyclic) bond motifs is 2. The predicted molar refractivity (Wildman–Crippen MR) is 55.0 cm³/mol. The average molecular weight is 206 g/mol. The van der Waals surface area contributed by atoms with Crippen molar-refractivity contribution in [3.63, 3.8) is 0 Å². The van der Waals surface area contributed by atoms with E-state index in [2.05, 4.69) is 33.5 Å². The zero-order valence-electron chi connectivity index (χ0n) is 8.73. The fraction of sp³-hybridized carbons (Fsp3) is 0.583. The van der Waals surface area contributed by atoms with Gasteiger partial charge in [0.2, 0.25) is 0 Å². The molecule has 2 rings (SSSR count). The summed E-state index contributed by atoms with van der Waals surface area (Å²) in [6.07, 6.45) is 6.28. The van der Waals surface area contributed by atoms with Crippen LogP contribution in [0.3, 0.4) is 0 Å². The molecule has 80 valence electrons. The van der Waals surface area contributed by atoms with Gasteiger partial charge < -0.3 is 9.47 Å². The molecular weight excluding hydrogens is 192 g/mol. The number of hydrogen-bond acceptors (Lipinski definition) is 3. The quantitative estimate of drug-likeness (QED) is 0.374. The number of allylic oxidation sites excluding steroid dienone is 2. The van der Waals surface area contributed by atoms with Crippen LogP contribution in [0.5, 0.6) is 0 Å². The largest absolute Gasteiger partial charge is 0.508 e. The lowest BCUT2D eigenvalue weighted by Crippen LogP contribution is -2.06. The summed E-state index contributed by atoms with van der Waals surface area (Å²) in [6.45, 7) is 0.129. The van der Waals surface area contributed by atoms with E-state index in [0.717, 1.165) is 12.3 Å². The maximum absolute atomic E-state index is 10.6. The fourth-order valence-electron chi connectivity index (χ4n) is 2.27. The first kappa shape index (κ1) is 10.1. The van der Waals surface area contributed by atoms with Crippen LogP contribution in [0.1, 0.15) is 12.8 Å². The van der Waals surface area contributed by atoms with Gasteiger partial charge in [-0.25, -0.2) is 4.79 Å². The van der Waals surface area contributed by atoms with Crippen molar-refractivity contribution < 1.29 is 14.3 Å². The molecule has 0 aliphatic heterocycles. The third-order valence-electron chi connectivity index (χ3n) is 3.00. The van der Waals surface area contributed by atoms with Gasteiger partial charge in [-0.15, -0.1) is 0 Å². The lowest BCUT2D eigenvalue weighted by Gasteiger charge is -2.09. The van der Waals surface area contributed by atoms with Crippen molar-refractivity contribution in [2.24, 2.45) is 17.8 Å². The molecule has 3 nitrogen and oxygen atoms in total. The van der Waals surface area contributed by atoms with Crippen LogP contribution in [0.2, 0.25) is 0 Å². The Kier molecular flexibility index (Phi) is 2.96. The first-order valence-electron chi connectivity index (χ1n) is 5.17. The van der Waals surface area contributed by atoms with Gasteiger partial charge in [-0.1, -0.05) is 24.0 Å². The summed E-state index contributed by atoms with van der Waals surface area (Å²) in [6, 6.07) is 0. The Morgan fingerprint density at radius 1 is 1.47 bits per heavy atom. The maximum Gasteiger partial charge on any atom is 0.508 e. The Bertz CT molecular complexity index is 335. The smallest absolute Gasteiger partial charge is 0.438 e. The summed E-state index contributed by atoms with van der Waals surface area (Å²) in [5, 5.41) is 0. The first-order valence-corrected chi connectivity index (χ1v) is 5.17. The molecule has 3 unspecified atom stereocenters. The second kappa shape index (κ2) is 4.39. The van der Waals surface area contributed by atoms with Crippen LogP contribution >= 0.6 is 0 Å². The van der Waals surface area contributed by atoms with Crippen LogP contribution in [0.25, 0.3) is 0 Å². The third kappa shape index (κ3) is 2.33. The normalized spacial score (nSPS) is 30.9. The summed E-state index contributed by atoms with van der Waals surface area (Å²) < 4.78 is 9.01. The molecule has 0 spiro atoms. The van der Waals surface area contributed by atoms with E-state index < -0.39 is 6.16 Å². The summed E-state index contributed by atoms with van der Waals surface area (Å²) in [5.74, 6) is 7.85. The highest BCUT2D eigenvalue weighted by molar-refractivity contribution is 5.59. The topological polar surface area (TPSA) is 35.5 Å². The van der Waals surface area contributed by atoms with E-state index in [1.807, 2.05) is 0 Å². The van der Waals surface area contributed by atoms with Crippen LogP contribution in [0.4, 0.5) is 4.79 Å². The highest BCUT2D eigenvalue weighted by Gasteiger charge is 2.34. The van der Waals surface area contributed by atoms with Crippen molar-refractivity contribution in [2.45, 2.75) is 12.8 Å². The zero-order valence-corrected chi connectivity index (χ0v) is 8.73. The maximum atomic E-state index is 10.6. The highest BCUT2D eigenvalue weighted by atomic mass is 16.7. The minimum atomic E-state index is -0.669. The molecule has 15 heavy (non-hydrogen) atoms. The fourth-order valence-corrected chi connectivity index (χ4v) is 2.27. The number of hydrogen-bond donors (Lipinski definition) is 0. The van der Waals surface area contributed by atoms with E-state index in [0.29, 0.717) is 11.8 Å². The molecular formula is C12H14O3. The van der Waals surface area contributed by atoms with Crippen LogP contribution in [-0.2, 0) is 9.47 Å². The molecule has 0 radical (unpaired) electrons. The van der Waals surface area contributed by atoms with Gasteiger partial charge in [-0.2, -0.15) is 0 Å². The molecule has 2 bridgehead atoms. The summed E-state index contributed by atoms with van der Waals surface area (Å²) >= 11 is 0. The van der Waals surface area contributed by atoms with Gasteiger partial charge >= 0.3 is 6.16 Å². The lowest BCUT2D eigenvalue weighted by atomic mass is 9.94. The van der Waals surface area contributed by atoms with Gasteiger partial charge in [0.05, 0.1) is 7.11 Å². The van der Waals surface area contributed by atoms with E-state index in [1.54, 1.807) is 0 Å². The predicted octanol–water partition coefficient (Wildman–Crippen LogP) is 1.98. The second-order valence-electron chi connectivity index (χ2n) is 3.95. The Balaban J connectivity index is 1.76. The Morgan fingerprint density at radius 2 is 2.33 bits per heavy atom.